The van der Waals surface area contributed by atoms with E-state index in [-0.39, 0.29) is 6.03 Å². The van der Waals surface area contributed by atoms with Crippen LogP contribution in [-0.4, -0.2) is 66.6 Å². The Kier molecular flexibility index (Phi) is 4.74. The summed E-state index contributed by atoms with van der Waals surface area (Å²) in [6.07, 6.45) is 7.38. The fourth-order valence-corrected chi connectivity index (χ4v) is 4.75. The summed E-state index contributed by atoms with van der Waals surface area (Å²) in [4.78, 5) is 20.0. The van der Waals surface area contributed by atoms with Gasteiger partial charge in [0.25, 0.3) is 0 Å². The van der Waals surface area contributed by atoms with Gasteiger partial charge in [0.15, 0.2) is 0 Å². The maximum Gasteiger partial charge on any atom is 0.320 e. The van der Waals surface area contributed by atoms with Gasteiger partial charge in [-0.2, -0.15) is 0 Å². The van der Waals surface area contributed by atoms with Crippen LogP contribution in [0.1, 0.15) is 44.1 Å². The molecule has 0 bridgehead atoms. The van der Waals surface area contributed by atoms with Gasteiger partial charge in [-0.25, -0.2) is 4.79 Å². The highest BCUT2D eigenvalue weighted by Gasteiger charge is 2.52. The molecule has 2 aliphatic carbocycles. The fraction of sp³-hybridized carbons (Fsp3) is 0.696. The first kappa shape index (κ1) is 18.3. The van der Waals surface area contributed by atoms with Crippen LogP contribution in [0, 0.1) is 11.3 Å². The van der Waals surface area contributed by atoms with E-state index >= 15 is 0 Å². The van der Waals surface area contributed by atoms with Crippen LogP contribution < -0.4 is 4.74 Å². The number of carbonyl (C=O) groups excluding carboxylic acids is 1. The van der Waals surface area contributed by atoms with Gasteiger partial charge in [-0.3, -0.25) is 0 Å². The minimum atomic E-state index is 0.251. The van der Waals surface area contributed by atoms with Crippen molar-refractivity contribution in [1.29, 1.82) is 0 Å². The van der Waals surface area contributed by atoms with Crippen LogP contribution in [0.5, 0.6) is 5.75 Å². The Morgan fingerprint density at radius 1 is 1.04 bits per heavy atom. The van der Waals surface area contributed by atoms with Crippen molar-refractivity contribution in [2.24, 2.45) is 11.3 Å². The van der Waals surface area contributed by atoms with E-state index in [0.717, 1.165) is 57.3 Å². The van der Waals surface area contributed by atoms with Crippen molar-refractivity contribution < 1.29 is 9.53 Å². The van der Waals surface area contributed by atoms with Gasteiger partial charge in [0.05, 0.1) is 6.61 Å². The van der Waals surface area contributed by atoms with Gasteiger partial charge in [-0.05, 0) is 82.3 Å². The van der Waals surface area contributed by atoms with E-state index in [1.54, 1.807) is 0 Å². The largest absolute Gasteiger partial charge is 0.493 e. The second kappa shape index (κ2) is 7.25. The third-order valence-corrected chi connectivity index (χ3v) is 7.11. The molecule has 152 valence electrons. The smallest absolute Gasteiger partial charge is 0.320 e. The minimum absolute atomic E-state index is 0.251. The van der Waals surface area contributed by atoms with Gasteiger partial charge < -0.3 is 19.4 Å². The van der Waals surface area contributed by atoms with E-state index in [2.05, 4.69) is 46.0 Å². The molecule has 1 aromatic carbocycles. The lowest BCUT2D eigenvalue weighted by molar-refractivity contribution is 0.0521. The van der Waals surface area contributed by atoms with Gasteiger partial charge in [-0.15, -0.1) is 0 Å². The molecule has 4 fully saturated rings. The lowest BCUT2D eigenvalue weighted by Gasteiger charge is -2.46. The normalized spacial score (nSPS) is 25.4. The van der Waals surface area contributed by atoms with Crippen LogP contribution in [0.2, 0.25) is 0 Å². The maximum absolute atomic E-state index is 13.3. The predicted octanol–water partition coefficient (Wildman–Crippen LogP) is 3.59. The molecule has 2 heterocycles. The number of urea groups is 1. The lowest BCUT2D eigenvalue weighted by Crippen LogP contribution is -2.58. The molecule has 2 aliphatic heterocycles. The second-order valence-electron chi connectivity index (χ2n) is 9.70. The van der Waals surface area contributed by atoms with Crippen molar-refractivity contribution in [3.8, 4) is 5.75 Å². The lowest BCUT2D eigenvalue weighted by atomic mass is 9.97. The Balaban J connectivity index is 1.24. The predicted molar refractivity (Wildman–Crippen MR) is 109 cm³/mol. The monoisotopic (exact) mass is 383 g/mol. The SMILES string of the molecule is CN1CCC(N2CC3(CC3)CN(Cc3ccc(OCC4CC4)cc3)C2=O)CC1. The maximum atomic E-state index is 13.3. The topological polar surface area (TPSA) is 36.0 Å². The molecule has 2 amide bonds. The number of nitrogens with zero attached hydrogens (tertiary/aromatic N) is 3. The van der Waals surface area contributed by atoms with E-state index in [4.69, 9.17) is 4.74 Å². The summed E-state index contributed by atoms with van der Waals surface area (Å²) >= 11 is 0. The zero-order chi connectivity index (χ0) is 19.1. The summed E-state index contributed by atoms with van der Waals surface area (Å²) in [5.74, 6) is 1.72. The van der Waals surface area contributed by atoms with Crippen molar-refractivity contribution >= 4 is 6.03 Å². The Morgan fingerprint density at radius 2 is 1.75 bits per heavy atom. The third-order valence-electron chi connectivity index (χ3n) is 7.11. The first-order valence-corrected chi connectivity index (χ1v) is 11.1. The molecular formula is C23H33N3O2. The van der Waals surface area contributed by atoms with Crippen molar-refractivity contribution in [1.82, 2.24) is 14.7 Å². The molecule has 0 aromatic heterocycles. The van der Waals surface area contributed by atoms with Gasteiger partial charge in [0, 0.05) is 31.1 Å². The Bertz CT molecular complexity index is 703. The molecule has 28 heavy (non-hydrogen) atoms. The number of benzene rings is 1. The van der Waals surface area contributed by atoms with Crippen LogP contribution in [-0.2, 0) is 6.54 Å². The van der Waals surface area contributed by atoms with E-state index in [1.165, 1.54) is 31.2 Å². The van der Waals surface area contributed by atoms with E-state index in [1.807, 2.05) is 0 Å². The van der Waals surface area contributed by atoms with Gasteiger partial charge in [0.1, 0.15) is 5.75 Å². The second-order valence-corrected chi connectivity index (χ2v) is 9.70. The van der Waals surface area contributed by atoms with Gasteiger partial charge in [0.2, 0.25) is 0 Å². The Labute approximate surface area is 168 Å². The van der Waals surface area contributed by atoms with Crippen LogP contribution in [0.15, 0.2) is 24.3 Å². The van der Waals surface area contributed by atoms with E-state index in [9.17, 15) is 4.79 Å². The Morgan fingerprint density at radius 3 is 2.39 bits per heavy atom. The average molecular weight is 384 g/mol. The highest BCUT2D eigenvalue weighted by Crippen LogP contribution is 2.50. The van der Waals surface area contributed by atoms with Crippen LogP contribution in [0.25, 0.3) is 0 Å². The van der Waals surface area contributed by atoms with E-state index in [0.29, 0.717) is 18.0 Å². The van der Waals surface area contributed by atoms with Crippen molar-refractivity contribution in [2.75, 3.05) is 39.8 Å². The summed E-state index contributed by atoms with van der Waals surface area (Å²) in [5, 5.41) is 0. The molecule has 1 spiro atoms. The zero-order valence-electron chi connectivity index (χ0n) is 17.1. The standard InChI is InChI=1S/C23H33N3O2/c1-24-12-8-20(9-13-24)26-17-23(10-11-23)16-25(22(26)27)14-18-4-6-21(7-5-18)28-15-19-2-3-19/h4-7,19-20H,2-3,8-17H2,1H3. The highest BCUT2D eigenvalue weighted by atomic mass is 16.5. The molecule has 5 nitrogen and oxygen atoms in total. The fourth-order valence-electron chi connectivity index (χ4n) is 4.75. The van der Waals surface area contributed by atoms with E-state index < -0.39 is 0 Å². The quantitative estimate of drug-likeness (QED) is 0.753. The van der Waals surface area contributed by atoms with Crippen LogP contribution in [0.3, 0.4) is 0 Å². The molecule has 0 N–H and O–H groups in total. The third kappa shape index (κ3) is 4.00. The first-order chi connectivity index (χ1) is 13.6. The number of hydrogen-bond acceptors (Lipinski definition) is 3. The number of hydrogen-bond donors (Lipinski definition) is 0. The number of ether oxygens (including phenoxy) is 1. The molecule has 4 aliphatic rings. The van der Waals surface area contributed by atoms with Crippen molar-refractivity contribution in [3.63, 3.8) is 0 Å². The van der Waals surface area contributed by atoms with Crippen LogP contribution >= 0.6 is 0 Å². The average Bonchev–Trinajstić information content (AvgIpc) is 3.63. The molecule has 0 radical (unpaired) electrons. The number of amides is 2. The van der Waals surface area contributed by atoms with Gasteiger partial charge >= 0.3 is 6.03 Å². The summed E-state index contributed by atoms with van der Waals surface area (Å²) in [7, 11) is 2.18. The molecule has 0 atom stereocenters. The molecule has 5 heteroatoms. The number of rotatable bonds is 6. The zero-order valence-corrected chi connectivity index (χ0v) is 17.1. The number of carbonyl (C=O) groups is 1. The molecule has 2 saturated heterocycles. The highest BCUT2D eigenvalue weighted by molar-refractivity contribution is 5.76. The minimum Gasteiger partial charge on any atom is -0.493 e. The van der Waals surface area contributed by atoms with Crippen molar-refractivity contribution in [2.45, 2.75) is 51.1 Å². The first-order valence-electron chi connectivity index (χ1n) is 11.1. The summed E-state index contributed by atoms with van der Waals surface area (Å²) in [5.41, 5.74) is 1.57. The summed E-state index contributed by atoms with van der Waals surface area (Å²) in [6, 6.07) is 9.05. The Hall–Kier alpha value is -1.75. The summed E-state index contributed by atoms with van der Waals surface area (Å²) in [6.45, 7) is 5.66. The molecule has 2 saturated carbocycles. The number of likely N-dealkylation sites (tertiary alicyclic amines) is 1. The molecule has 1 aromatic rings. The van der Waals surface area contributed by atoms with Crippen molar-refractivity contribution in [3.05, 3.63) is 29.8 Å². The molecule has 5 rings (SSSR count). The van der Waals surface area contributed by atoms with Crippen LogP contribution in [0.4, 0.5) is 4.79 Å². The number of piperidine rings is 1. The molecule has 0 unspecified atom stereocenters. The summed E-state index contributed by atoms with van der Waals surface area (Å²) < 4.78 is 5.85. The molecular weight excluding hydrogens is 350 g/mol. The van der Waals surface area contributed by atoms with Gasteiger partial charge in [-0.1, -0.05) is 12.1 Å².